The molecule has 0 aliphatic carbocycles. The summed E-state index contributed by atoms with van der Waals surface area (Å²) in [6, 6.07) is 11.0. The summed E-state index contributed by atoms with van der Waals surface area (Å²) in [5.41, 5.74) is 2.37. The lowest BCUT2D eigenvalue weighted by molar-refractivity contribution is 0.547. The van der Waals surface area contributed by atoms with Crippen molar-refractivity contribution in [2.24, 2.45) is 0 Å². The third-order valence-corrected chi connectivity index (χ3v) is 3.22. The van der Waals surface area contributed by atoms with E-state index < -0.39 is 0 Å². The van der Waals surface area contributed by atoms with Crippen molar-refractivity contribution < 1.29 is 4.39 Å². The number of nitrogens with zero attached hydrogens (tertiary/aromatic N) is 1. The minimum atomic E-state index is -0.189. The van der Waals surface area contributed by atoms with E-state index in [0.29, 0.717) is 0 Å². The fourth-order valence-corrected chi connectivity index (χ4v) is 2.05. The molecule has 1 heterocycles. The number of hydrogen-bond acceptors (Lipinski definition) is 1. The smallest absolute Gasteiger partial charge is 0.123 e. The molecule has 2 rings (SSSR count). The third-order valence-electron chi connectivity index (χ3n) is 3.22. The highest BCUT2D eigenvalue weighted by Gasteiger charge is 2.06. The summed E-state index contributed by atoms with van der Waals surface area (Å²) < 4.78 is 15.0. The van der Waals surface area contributed by atoms with Gasteiger partial charge in [0, 0.05) is 31.0 Å². The topological polar surface area (TPSA) is 17.0 Å². The minimum Gasteiger partial charge on any atom is -0.351 e. The van der Waals surface area contributed by atoms with Gasteiger partial charge in [-0.25, -0.2) is 4.39 Å². The Labute approximate surface area is 107 Å². The Morgan fingerprint density at radius 2 is 1.94 bits per heavy atom. The molecule has 2 nitrogen and oxygen atoms in total. The van der Waals surface area contributed by atoms with Crippen LogP contribution in [0.1, 0.15) is 31.1 Å². The van der Waals surface area contributed by atoms with Crippen LogP contribution in [0.3, 0.4) is 0 Å². The molecular weight excluding hydrogens is 227 g/mol. The largest absolute Gasteiger partial charge is 0.351 e. The van der Waals surface area contributed by atoms with Crippen LogP contribution in [-0.4, -0.2) is 4.57 Å². The molecule has 0 spiro atoms. The van der Waals surface area contributed by atoms with Crippen LogP contribution < -0.4 is 5.32 Å². The number of benzene rings is 1. The Hall–Kier alpha value is -1.61. The Kier molecular flexibility index (Phi) is 4.15. The summed E-state index contributed by atoms with van der Waals surface area (Å²) >= 11 is 0. The molecule has 0 saturated carbocycles. The summed E-state index contributed by atoms with van der Waals surface area (Å²) in [7, 11) is 0. The normalized spacial score (nSPS) is 12.6. The maximum atomic E-state index is 12.8. The SMILES string of the molecule is CCn1cccc1CNC(C)c1ccc(F)cc1. The molecule has 2 aromatic rings. The van der Waals surface area contributed by atoms with Crippen molar-refractivity contribution in [3.05, 3.63) is 59.7 Å². The molecule has 1 unspecified atom stereocenters. The lowest BCUT2D eigenvalue weighted by Crippen LogP contribution is -2.19. The summed E-state index contributed by atoms with van der Waals surface area (Å²) in [5.74, 6) is -0.189. The highest BCUT2D eigenvalue weighted by molar-refractivity contribution is 5.19. The molecule has 18 heavy (non-hydrogen) atoms. The van der Waals surface area contributed by atoms with Gasteiger partial charge in [0.05, 0.1) is 0 Å². The van der Waals surface area contributed by atoms with Crippen LogP contribution >= 0.6 is 0 Å². The van der Waals surface area contributed by atoms with E-state index >= 15 is 0 Å². The molecule has 0 aliphatic heterocycles. The van der Waals surface area contributed by atoms with Gasteiger partial charge in [0.1, 0.15) is 5.82 Å². The summed E-state index contributed by atoms with van der Waals surface area (Å²) in [4.78, 5) is 0. The molecule has 96 valence electrons. The van der Waals surface area contributed by atoms with E-state index in [1.165, 1.54) is 17.8 Å². The molecule has 1 aromatic heterocycles. The van der Waals surface area contributed by atoms with Crippen LogP contribution in [0.4, 0.5) is 4.39 Å². The van der Waals surface area contributed by atoms with Crippen LogP contribution in [0.25, 0.3) is 0 Å². The van der Waals surface area contributed by atoms with Crippen LogP contribution in [0, 0.1) is 5.82 Å². The monoisotopic (exact) mass is 246 g/mol. The fourth-order valence-electron chi connectivity index (χ4n) is 2.05. The van der Waals surface area contributed by atoms with Crippen molar-refractivity contribution in [3.8, 4) is 0 Å². The number of aromatic nitrogens is 1. The van der Waals surface area contributed by atoms with Crippen molar-refractivity contribution in [1.82, 2.24) is 9.88 Å². The van der Waals surface area contributed by atoms with E-state index in [2.05, 4.69) is 42.1 Å². The van der Waals surface area contributed by atoms with E-state index in [9.17, 15) is 4.39 Å². The molecule has 0 bridgehead atoms. The van der Waals surface area contributed by atoms with Crippen LogP contribution in [-0.2, 0) is 13.1 Å². The van der Waals surface area contributed by atoms with Crippen LogP contribution in [0.15, 0.2) is 42.6 Å². The van der Waals surface area contributed by atoms with Gasteiger partial charge in [-0.1, -0.05) is 12.1 Å². The Morgan fingerprint density at radius 1 is 1.22 bits per heavy atom. The Morgan fingerprint density at radius 3 is 2.61 bits per heavy atom. The number of nitrogens with one attached hydrogen (secondary N) is 1. The second-order valence-electron chi connectivity index (χ2n) is 4.44. The highest BCUT2D eigenvalue weighted by atomic mass is 19.1. The fraction of sp³-hybridized carbons (Fsp3) is 0.333. The maximum Gasteiger partial charge on any atom is 0.123 e. The zero-order valence-electron chi connectivity index (χ0n) is 10.9. The molecule has 1 atom stereocenters. The van der Waals surface area contributed by atoms with Crippen molar-refractivity contribution in [3.63, 3.8) is 0 Å². The summed E-state index contributed by atoms with van der Waals surface area (Å²) in [6.07, 6.45) is 2.08. The minimum absolute atomic E-state index is 0.189. The molecule has 3 heteroatoms. The molecule has 0 radical (unpaired) electrons. The molecule has 0 amide bonds. The van der Waals surface area contributed by atoms with E-state index in [4.69, 9.17) is 0 Å². The van der Waals surface area contributed by atoms with Crippen molar-refractivity contribution in [2.45, 2.75) is 33.0 Å². The molecular formula is C15H19FN2. The third kappa shape index (κ3) is 2.99. The average molecular weight is 246 g/mol. The van der Waals surface area contributed by atoms with Gasteiger partial charge in [-0.05, 0) is 43.7 Å². The first-order valence-corrected chi connectivity index (χ1v) is 6.33. The van der Waals surface area contributed by atoms with E-state index in [-0.39, 0.29) is 11.9 Å². The lowest BCUT2D eigenvalue weighted by atomic mass is 10.1. The lowest BCUT2D eigenvalue weighted by Gasteiger charge is -2.15. The first-order chi connectivity index (χ1) is 8.70. The highest BCUT2D eigenvalue weighted by Crippen LogP contribution is 2.13. The number of hydrogen-bond donors (Lipinski definition) is 1. The van der Waals surface area contributed by atoms with Gasteiger partial charge in [0.25, 0.3) is 0 Å². The van der Waals surface area contributed by atoms with E-state index in [1.54, 1.807) is 0 Å². The molecule has 0 fully saturated rings. The van der Waals surface area contributed by atoms with Gasteiger partial charge >= 0.3 is 0 Å². The van der Waals surface area contributed by atoms with Gasteiger partial charge in [-0.15, -0.1) is 0 Å². The van der Waals surface area contributed by atoms with Crippen molar-refractivity contribution >= 4 is 0 Å². The number of aryl methyl sites for hydroxylation is 1. The first kappa shape index (κ1) is 12.8. The number of halogens is 1. The average Bonchev–Trinajstić information content (AvgIpc) is 2.84. The van der Waals surface area contributed by atoms with Gasteiger partial charge in [-0.2, -0.15) is 0 Å². The quantitative estimate of drug-likeness (QED) is 0.854. The van der Waals surface area contributed by atoms with E-state index in [0.717, 1.165) is 18.7 Å². The first-order valence-electron chi connectivity index (χ1n) is 6.33. The standard InChI is InChI=1S/C15H19FN2/c1-3-18-10-4-5-15(18)11-17-12(2)13-6-8-14(16)9-7-13/h4-10,12,17H,3,11H2,1-2H3. The summed E-state index contributed by atoms with van der Waals surface area (Å²) in [5, 5.41) is 3.45. The van der Waals surface area contributed by atoms with Crippen LogP contribution in [0.5, 0.6) is 0 Å². The Bertz CT molecular complexity index is 487. The molecule has 1 aromatic carbocycles. The summed E-state index contributed by atoms with van der Waals surface area (Å²) in [6.45, 7) is 6.02. The van der Waals surface area contributed by atoms with Gasteiger partial charge in [0.2, 0.25) is 0 Å². The van der Waals surface area contributed by atoms with Crippen molar-refractivity contribution in [2.75, 3.05) is 0 Å². The predicted molar refractivity (Wildman–Crippen MR) is 71.8 cm³/mol. The maximum absolute atomic E-state index is 12.8. The molecule has 1 N–H and O–H groups in total. The predicted octanol–water partition coefficient (Wildman–Crippen LogP) is 3.50. The zero-order valence-corrected chi connectivity index (χ0v) is 10.9. The number of rotatable bonds is 5. The zero-order chi connectivity index (χ0) is 13.0. The van der Waals surface area contributed by atoms with Crippen LogP contribution in [0.2, 0.25) is 0 Å². The molecule has 0 saturated heterocycles. The van der Waals surface area contributed by atoms with Gasteiger partial charge in [0.15, 0.2) is 0 Å². The van der Waals surface area contributed by atoms with Crippen molar-refractivity contribution in [1.29, 1.82) is 0 Å². The van der Waals surface area contributed by atoms with E-state index in [1.807, 2.05) is 12.1 Å². The molecule has 0 aliphatic rings. The second-order valence-corrected chi connectivity index (χ2v) is 4.44. The second kappa shape index (κ2) is 5.83. The Balaban J connectivity index is 1.96. The van der Waals surface area contributed by atoms with Gasteiger partial charge in [-0.3, -0.25) is 0 Å². The van der Waals surface area contributed by atoms with Gasteiger partial charge < -0.3 is 9.88 Å².